The van der Waals surface area contributed by atoms with Crippen molar-refractivity contribution in [2.24, 2.45) is 13.0 Å². The number of nitrogens with zero attached hydrogens (tertiary/aromatic N) is 4. The molecule has 23 heavy (non-hydrogen) atoms. The van der Waals surface area contributed by atoms with Crippen LogP contribution >= 0.6 is 11.8 Å². The van der Waals surface area contributed by atoms with E-state index in [1.165, 1.54) is 58.2 Å². The van der Waals surface area contributed by atoms with Crippen LogP contribution in [0.2, 0.25) is 0 Å². The average molecular weight is 338 g/mol. The summed E-state index contributed by atoms with van der Waals surface area (Å²) in [6.07, 6.45) is 9.18. The molecule has 0 saturated carbocycles. The minimum absolute atomic E-state index is 0.772. The zero-order valence-corrected chi connectivity index (χ0v) is 15.3. The van der Waals surface area contributed by atoms with Crippen molar-refractivity contribution in [1.29, 1.82) is 0 Å². The number of hydrogen-bond acceptors (Lipinski definition) is 5. The van der Waals surface area contributed by atoms with Crippen LogP contribution in [0.3, 0.4) is 0 Å². The number of nitrogens with one attached hydrogen (secondary N) is 1. The van der Waals surface area contributed by atoms with Crippen molar-refractivity contribution in [3.05, 3.63) is 5.82 Å². The highest BCUT2D eigenvalue weighted by Gasteiger charge is 2.18. The first-order chi connectivity index (χ1) is 11.3. The third-order valence-electron chi connectivity index (χ3n) is 5.19. The van der Waals surface area contributed by atoms with Crippen LogP contribution < -0.4 is 5.32 Å². The van der Waals surface area contributed by atoms with Crippen LogP contribution in [0.4, 0.5) is 0 Å². The van der Waals surface area contributed by atoms with Crippen LogP contribution in [0, 0.1) is 5.92 Å². The van der Waals surface area contributed by atoms with Gasteiger partial charge in [0.1, 0.15) is 5.82 Å². The highest BCUT2D eigenvalue weighted by molar-refractivity contribution is 7.99. The van der Waals surface area contributed by atoms with Crippen molar-refractivity contribution in [2.75, 3.05) is 38.5 Å². The summed E-state index contributed by atoms with van der Waals surface area (Å²) in [7, 11) is 2.13. The zero-order valence-electron chi connectivity index (χ0n) is 14.5. The van der Waals surface area contributed by atoms with Gasteiger partial charge in [-0.05, 0) is 57.8 Å². The van der Waals surface area contributed by atoms with E-state index in [2.05, 4.69) is 32.0 Å². The first-order valence-corrected chi connectivity index (χ1v) is 10.3. The SMILES string of the molecule is Cn1c(CC2CCNCC2)nnc1SCCN1CCCCCC1. The zero-order chi connectivity index (χ0) is 15.9. The van der Waals surface area contributed by atoms with Gasteiger partial charge in [0.2, 0.25) is 0 Å². The fraction of sp³-hybridized carbons (Fsp3) is 0.882. The molecule has 1 aromatic rings. The molecule has 2 aliphatic rings. The Morgan fingerprint density at radius 3 is 2.57 bits per heavy atom. The van der Waals surface area contributed by atoms with Crippen molar-refractivity contribution in [2.45, 2.75) is 50.1 Å². The first kappa shape index (κ1) is 17.2. The third-order valence-corrected chi connectivity index (χ3v) is 6.19. The second-order valence-electron chi connectivity index (χ2n) is 6.96. The van der Waals surface area contributed by atoms with Gasteiger partial charge in [0.25, 0.3) is 0 Å². The Bertz CT molecular complexity index is 462. The number of thioether (sulfide) groups is 1. The van der Waals surface area contributed by atoms with Crippen molar-refractivity contribution in [3.8, 4) is 0 Å². The summed E-state index contributed by atoms with van der Waals surface area (Å²) < 4.78 is 2.22. The lowest BCUT2D eigenvalue weighted by molar-refractivity contribution is 0.303. The summed E-state index contributed by atoms with van der Waals surface area (Å²) in [4.78, 5) is 2.62. The van der Waals surface area contributed by atoms with E-state index in [4.69, 9.17) is 0 Å². The van der Waals surface area contributed by atoms with Crippen molar-refractivity contribution >= 4 is 11.8 Å². The number of aromatic nitrogens is 3. The molecule has 0 bridgehead atoms. The number of rotatable bonds is 6. The van der Waals surface area contributed by atoms with Crippen LogP contribution in [-0.4, -0.2) is 58.1 Å². The molecule has 130 valence electrons. The Morgan fingerprint density at radius 2 is 1.83 bits per heavy atom. The maximum Gasteiger partial charge on any atom is 0.190 e. The summed E-state index contributed by atoms with van der Waals surface area (Å²) in [5.41, 5.74) is 0. The predicted molar refractivity (Wildman–Crippen MR) is 95.9 cm³/mol. The molecule has 0 spiro atoms. The van der Waals surface area contributed by atoms with E-state index in [0.717, 1.165) is 42.2 Å². The van der Waals surface area contributed by atoms with Gasteiger partial charge in [-0.15, -0.1) is 10.2 Å². The second-order valence-corrected chi connectivity index (χ2v) is 8.02. The Kier molecular flexibility index (Phi) is 6.78. The minimum atomic E-state index is 0.772. The highest BCUT2D eigenvalue weighted by Crippen LogP contribution is 2.21. The van der Waals surface area contributed by atoms with E-state index in [1.54, 1.807) is 0 Å². The summed E-state index contributed by atoms with van der Waals surface area (Å²) >= 11 is 1.87. The number of piperidine rings is 1. The van der Waals surface area contributed by atoms with Gasteiger partial charge in [-0.3, -0.25) is 0 Å². The molecular weight excluding hydrogens is 306 g/mol. The molecule has 0 aliphatic carbocycles. The fourth-order valence-corrected chi connectivity index (χ4v) is 4.55. The van der Waals surface area contributed by atoms with E-state index in [-0.39, 0.29) is 0 Å². The topological polar surface area (TPSA) is 46.0 Å². The normalized spacial score (nSPS) is 21.4. The molecule has 2 aliphatic heterocycles. The lowest BCUT2D eigenvalue weighted by Crippen LogP contribution is -2.29. The minimum Gasteiger partial charge on any atom is -0.317 e. The number of likely N-dealkylation sites (tertiary alicyclic amines) is 1. The molecule has 2 saturated heterocycles. The number of hydrogen-bond donors (Lipinski definition) is 1. The Hall–Kier alpha value is -0.590. The monoisotopic (exact) mass is 337 g/mol. The quantitative estimate of drug-likeness (QED) is 0.807. The van der Waals surface area contributed by atoms with E-state index in [9.17, 15) is 0 Å². The van der Waals surface area contributed by atoms with Gasteiger partial charge in [0.15, 0.2) is 5.16 Å². The molecule has 0 unspecified atom stereocenters. The summed E-state index contributed by atoms with van der Waals surface area (Å²) in [5.74, 6) is 3.06. The van der Waals surface area contributed by atoms with Crippen LogP contribution in [0.1, 0.15) is 44.3 Å². The van der Waals surface area contributed by atoms with Gasteiger partial charge in [0, 0.05) is 25.8 Å². The molecule has 0 radical (unpaired) electrons. The summed E-state index contributed by atoms with van der Waals surface area (Å²) in [6.45, 7) is 6.04. The van der Waals surface area contributed by atoms with E-state index >= 15 is 0 Å². The average Bonchev–Trinajstić information content (AvgIpc) is 2.79. The van der Waals surface area contributed by atoms with E-state index in [1.807, 2.05) is 11.8 Å². The van der Waals surface area contributed by atoms with Crippen molar-refractivity contribution < 1.29 is 0 Å². The van der Waals surface area contributed by atoms with Crippen LogP contribution in [0.15, 0.2) is 5.16 Å². The van der Waals surface area contributed by atoms with Gasteiger partial charge < -0.3 is 14.8 Å². The first-order valence-electron chi connectivity index (χ1n) is 9.27. The Labute approximate surface area is 144 Å². The molecule has 0 amide bonds. The highest BCUT2D eigenvalue weighted by atomic mass is 32.2. The molecule has 0 aromatic carbocycles. The lowest BCUT2D eigenvalue weighted by Gasteiger charge is -2.22. The Morgan fingerprint density at radius 1 is 1.09 bits per heavy atom. The summed E-state index contributed by atoms with van der Waals surface area (Å²) in [6, 6.07) is 0. The molecule has 1 aromatic heterocycles. The Balaban J connectivity index is 1.44. The van der Waals surface area contributed by atoms with Crippen LogP contribution in [0.5, 0.6) is 0 Å². The molecule has 3 rings (SSSR count). The second kappa shape index (κ2) is 9.04. The van der Waals surface area contributed by atoms with Gasteiger partial charge in [-0.2, -0.15) is 0 Å². The van der Waals surface area contributed by atoms with Crippen LogP contribution in [0.25, 0.3) is 0 Å². The molecule has 2 fully saturated rings. The van der Waals surface area contributed by atoms with Crippen molar-refractivity contribution in [1.82, 2.24) is 25.0 Å². The van der Waals surface area contributed by atoms with Gasteiger partial charge in [0.05, 0.1) is 0 Å². The molecule has 3 heterocycles. The third kappa shape index (κ3) is 5.19. The largest absolute Gasteiger partial charge is 0.317 e. The van der Waals surface area contributed by atoms with E-state index < -0.39 is 0 Å². The van der Waals surface area contributed by atoms with Crippen LogP contribution in [-0.2, 0) is 13.5 Å². The lowest BCUT2D eigenvalue weighted by atomic mass is 9.94. The molecule has 1 N–H and O–H groups in total. The molecule has 0 atom stereocenters. The van der Waals surface area contributed by atoms with Gasteiger partial charge in [-0.1, -0.05) is 24.6 Å². The van der Waals surface area contributed by atoms with Gasteiger partial charge in [-0.25, -0.2) is 0 Å². The van der Waals surface area contributed by atoms with Crippen molar-refractivity contribution in [3.63, 3.8) is 0 Å². The molecule has 6 heteroatoms. The maximum atomic E-state index is 4.45. The predicted octanol–water partition coefficient (Wildman–Crippen LogP) is 2.33. The molecular formula is C17H31N5S. The van der Waals surface area contributed by atoms with Gasteiger partial charge >= 0.3 is 0 Å². The molecule has 5 nitrogen and oxygen atoms in total. The fourth-order valence-electron chi connectivity index (χ4n) is 3.62. The van der Waals surface area contributed by atoms with E-state index in [0.29, 0.717) is 0 Å². The smallest absolute Gasteiger partial charge is 0.190 e. The summed E-state index contributed by atoms with van der Waals surface area (Å²) in [5, 5.41) is 13.4. The maximum absolute atomic E-state index is 4.45. The standard InChI is InChI=1S/C17H31N5S/c1-21-16(14-15-6-8-18-9-7-15)19-20-17(21)23-13-12-22-10-4-2-3-5-11-22/h15,18H,2-14H2,1H3.